The summed E-state index contributed by atoms with van der Waals surface area (Å²) in [6.07, 6.45) is 17.2. The molecule has 0 saturated heterocycles. The minimum atomic E-state index is 0.443. The first kappa shape index (κ1) is 13.6. The van der Waals surface area contributed by atoms with Crippen molar-refractivity contribution in [3.63, 3.8) is 0 Å². The Kier molecular flexibility index (Phi) is 4.61. The Labute approximate surface area is 118 Å². The van der Waals surface area contributed by atoms with Crippen molar-refractivity contribution in [2.75, 3.05) is 0 Å². The molecule has 1 nitrogen and oxygen atoms in total. The van der Waals surface area contributed by atoms with E-state index in [1.807, 2.05) is 0 Å². The molecular weight excluding hydrogens is 232 g/mol. The largest absolute Gasteiger partial charge is 0.299 e. The van der Waals surface area contributed by atoms with Crippen LogP contribution >= 0.6 is 0 Å². The van der Waals surface area contributed by atoms with Crippen molar-refractivity contribution in [3.05, 3.63) is 0 Å². The van der Waals surface area contributed by atoms with Crippen LogP contribution in [0.1, 0.15) is 83.5 Å². The zero-order chi connectivity index (χ0) is 13.1. The SMILES string of the molecule is O=C(CC1CCCCC1)C1CCC(C2CCC2)CC1. The Morgan fingerprint density at radius 2 is 1.32 bits per heavy atom. The summed E-state index contributed by atoms with van der Waals surface area (Å²) in [7, 11) is 0. The fourth-order valence-electron chi connectivity index (χ4n) is 4.67. The summed E-state index contributed by atoms with van der Waals surface area (Å²) in [5.41, 5.74) is 0. The summed E-state index contributed by atoms with van der Waals surface area (Å²) >= 11 is 0. The molecule has 0 amide bonds. The minimum absolute atomic E-state index is 0.443. The zero-order valence-electron chi connectivity index (χ0n) is 12.4. The summed E-state index contributed by atoms with van der Waals surface area (Å²) in [5.74, 6) is 3.82. The van der Waals surface area contributed by atoms with Gasteiger partial charge < -0.3 is 0 Å². The number of carbonyl (C=O) groups excluding carboxylic acids is 1. The van der Waals surface area contributed by atoms with E-state index in [1.165, 1.54) is 77.0 Å². The third kappa shape index (κ3) is 3.41. The van der Waals surface area contributed by atoms with Crippen molar-refractivity contribution < 1.29 is 4.79 Å². The highest BCUT2D eigenvalue weighted by Crippen LogP contribution is 2.43. The maximum Gasteiger partial charge on any atom is 0.136 e. The van der Waals surface area contributed by atoms with Crippen molar-refractivity contribution in [1.29, 1.82) is 0 Å². The summed E-state index contributed by atoms with van der Waals surface area (Å²) in [4.78, 5) is 12.4. The number of ketones is 1. The van der Waals surface area contributed by atoms with E-state index in [0.29, 0.717) is 11.7 Å². The predicted octanol–water partition coefficient (Wildman–Crippen LogP) is 5.13. The molecule has 0 radical (unpaired) electrons. The fraction of sp³-hybridized carbons (Fsp3) is 0.944. The van der Waals surface area contributed by atoms with Crippen LogP contribution < -0.4 is 0 Å². The summed E-state index contributed by atoms with van der Waals surface area (Å²) in [5, 5.41) is 0. The molecule has 19 heavy (non-hydrogen) atoms. The summed E-state index contributed by atoms with van der Waals surface area (Å²) in [6.45, 7) is 0. The van der Waals surface area contributed by atoms with Crippen molar-refractivity contribution in [3.8, 4) is 0 Å². The van der Waals surface area contributed by atoms with E-state index in [1.54, 1.807) is 0 Å². The van der Waals surface area contributed by atoms with Crippen molar-refractivity contribution in [2.45, 2.75) is 83.5 Å². The van der Waals surface area contributed by atoms with Gasteiger partial charge in [-0.05, 0) is 43.4 Å². The van der Waals surface area contributed by atoms with E-state index in [-0.39, 0.29) is 0 Å². The van der Waals surface area contributed by atoms with Crippen LogP contribution in [0.3, 0.4) is 0 Å². The number of hydrogen-bond acceptors (Lipinski definition) is 1. The Balaban J connectivity index is 1.41. The minimum Gasteiger partial charge on any atom is -0.299 e. The third-order valence-electron chi connectivity index (χ3n) is 6.26. The molecule has 0 spiro atoms. The molecule has 0 N–H and O–H groups in total. The second-order valence-electron chi connectivity index (χ2n) is 7.48. The molecule has 1 heteroatoms. The van der Waals surface area contributed by atoms with Crippen LogP contribution in [0.15, 0.2) is 0 Å². The van der Waals surface area contributed by atoms with Crippen LogP contribution in [0.4, 0.5) is 0 Å². The van der Waals surface area contributed by atoms with E-state index >= 15 is 0 Å². The van der Waals surface area contributed by atoms with Crippen LogP contribution in [0.25, 0.3) is 0 Å². The highest BCUT2D eigenvalue weighted by molar-refractivity contribution is 5.81. The van der Waals surface area contributed by atoms with Gasteiger partial charge in [-0.3, -0.25) is 4.79 Å². The maximum atomic E-state index is 12.4. The van der Waals surface area contributed by atoms with Crippen LogP contribution in [-0.2, 0) is 4.79 Å². The van der Waals surface area contributed by atoms with Gasteiger partial charge in [0.1, 0.15) is 5.78 Å². The first-order chi connectivity index (χ1) is 9.33. The molecule has 0 unspecified atom stereocenters. The average Bonchev–Trinajstić information content (AvgIpc) is 2.39. The van der Waals surface area contributed by atoms with Crippen molar-refractivity contribution in [1.82, 2.24) is 0 Å². The highest BCUT2D eigenvalue weighted by atomic mass is 16.1. The molecule has 0 heterocycles. The first-order valence-corrected chi connectivity index (χ1v) is 8.85. The smallest absolute Gasteiger partial charge is 0.136 e. The first-order valence-electron chi connectivity index (χ1n) is 8.85. The summed E-state index contributed by atoms with van der Waals surface area (Å²) in [6, 6.07) is 0. The molecule has 3 fully saturated rings. The van der Waals surface area contributed by atoms with Gasteiger partial charge in [0.25, 0.3) is 0 Å². The molecule has 0 atom stereocenters. The molecule has 0 bridgehead atoms. The highest BCUT2D eigenvalue weighted by Gasteiger charge is 2.33. The van der Waals surface area contributed by atoms with E-state index in [4.69, 9.17) is 0 Å². The van der Waals surface area contributed by atoms with Crippen LogP contribution in [0, 0.1) is 23.7 Å². The van der Waals surface area contributed by atoms with Gasteiger partial charge in [0.15, 0.2) is 0 Å². The Morgan fingerprint density at radius 1 is 0.684 bits per heavy atom. The molecule has 0 aromatic heterocycles. The third-order valence-corrected chi connectivity index (χ3v) is 6.26. The van der Waals surface area contributed by atoms with Crippen molar-refractivity contribution >= 4 is 5.78 Å². The summed E-state index contributed by atoms with van der Waals surface area (Å²) < 4.78 is 0. The van der Waals surface area contributed by atoms with Crippen molar-refractivity contribution in [2.24, 2.45) is 23.7 Å². The lowest BCUT2D eigenvalue weighted by atomic mass is 9.67. The molecule has 3 saturated carbocycles. The number of rotatable bonds is 4. The van der Waals surface area contributed by atoms with Crippen LogP contribution in [-0.4, -0.2) is 5.78 Å². The van der Waals surface area contributed by atoms with Gasteiger partial charge in [-0.1, -0.05) is 51.4 Å². The molecule has 3 rings (SSSR count). The van der Waals surface area contributed by atoms with E-state index in [9.17, 15) is 4.79 Å². The Bertz CT molecular complexity index is 291. The average molecular weight is 262 g/mol. The molecule has 0 aromatic carbocycles. The number of hydrogen-bond donors (Lipinski definition) is 0. The van der Waals surface area contributed by atoms with E-state index < -0.39 is 0 Å². The lowest BCUT2D eigenvalue weighted by Gasteiger charge is -2.38. The second-order valence-corrected chi connectivity index (χ2v) is 7.48. The quantitative estimate of drug-likeness (QED) is 0.686. The molecular formula is C18H30O. The van der Waals surface area contributed by atoms with Crippen LogP contribution in [0.2, 0.25) is 0 Å². The van der Waals surface area contributed by atoms with E-state index in [0.717, 1.165) is 24.2 Å². The normalized spacial score (nSPS) is 33.9. The number of carbonyl (C=O) groups is 1. The van der Waals surface area contributed by atoms with Crippen LogP contribution in [0.5, 0.6) is 0 Å². The Hall–Kier alpha value is -0.330. The van der Waals surface area contributed by atoms with Gasteiger partial charge in [0.2, 0.25) is 0 Å². The number of Topliss-reactive ketones (excluding diaryl/α,β-unsaturated/α-hetero) is 1. The molecule has 3 aliphatic rings. The molecule has 0 aliphatic heterocycles. The van der Waals surface area contributed by atoms with Gasteiger partial charge in [-0.15, -0.1) is 0 Å². The predicted molar refractivity (Wildman–Crippen MR) is 79.0 cm³/mol. The van der Waals surface area contributed by atoms with Gasteiger partial charge in [0.05, 0.1) is 0 Å². The topological polar surface area (TPSA) is 17.1 Å². The molecule has 108 valence electrons. The zero-order valence-corrected chi connectivity index (χ0v) is 12.4. The van der Waals surface area contributed by atoms with Gasteiger partial charge in [0, 0.05) is 12.3 Å². The lowest BCUT2D eigenvalue weighted by Crippen LogP contribution is -2.29. The van der Waals surface area contributed by atoms with E-state index in [2.05, 4.69) is 0 Å². The fourth-order valence-corrected chi connectivity index (χ4v) is 4.67. The lowest BCUT2D eigenvalue weighted by molar-refractivity contribution is -0.125. The second kappa shape index (κ2) is 6.41. The Morgan fingerprint density at radius 3 is 1.89 bits per heavy atom. The maximum absolute atomic E-state index is 12.4. The van der Waals surface area contributed by atoms with Gasteiger partial charge >= 0.3 is 0 Å². The standard InChI is InChI=1S/C18H30O/c19-18(13-14-5-2-1-3-6-14)17-11-9-16(10-12-17)15-7-4-8-15/h14-17H,1-13H2. The molecule has 3 aliphatic carbocycles. The van der Waals surface area contributed by atoms with Gasteiger partial charge in [-0.2, -0.15) is 0 Å². The molecule has 0 aromatic rings. The van der Waals surface area contributed by atoms with Gasteiger partial charge in [-0.25, -0.2) is 0 Å². The monoisotopic (exact) mass is 262 g/mol.